The first-order valence-corrected chi connectivity index (χ1v) is 12.4. The number of hydrogen-bond acceptors (Lipinski definition) is 6. The number of halogens is 1. The molecule has 2 aromatic heterocycles. The van der Waals surface area contributed by atoms with Gasteiger partial charge in [0.1, 0.15) is 17.0 Å². The highest BCUT2D eigenvalue weighted by molar-refractivity contribution is 6.32. The monoisotopic (exact) mass is 489 g/mol. The minimum atomic E-state index is 0.0182. The highest BCUT2D eigenvalue weighted by atomic mass is 35.5. The van der Waals surface area contributed by atoms with Gasteiger partial charge in [-0.3, -0.25) is 4.79 Å². The second-order valence-electron chi connectivity index (χ2n) is 9.32. The molecule has 1 aliphatic heterocycles. The van der Waals surface area contributed by atoms with E-state index in [2.05, 4.69) is 16.0 Å². The van der Waals surface area contributed by atoms with Gasteiger partial charge < -0.3 is 14.5 Å². The van der Waals surface area contributed by atoms with E-state index >= 15 is 0 Å². The van der Waals surface area contributed by atoms with Gasteiger partial charge in [-0.25, -0.2) is 9.97 Å². The Bertz CT molecular complexity index is 1320. The fraction of sp³-hybridized carbons (Fsp3) is 0.407. The number of anilines is 1. The molecule has 1 saturated carbocycles. The van der Waals surface area contributed by atoms with Crippen LogP contribution in [0.2, 0.25) is 5.15 Å². The number of methoxy groups -OCH3 is 1. The molecule has 0 radical (unpaired) electrons. The first kappa shape index (κ1) is 23.5. The van der Waals surface area contributed by atoms with E-state index in [9.17, 15) is 10.1 Å². The molecule has 180 valence electrons. The van der Waals surface area contributed by atoms with Crippen molar-refractivity contribution in [3.05, 3.63) is 52.8 Å². The fourth-order valence-corrected chi connectivity index (χ4v) is 5.11. The molecule has 0 bridgehead atoms. The molecular formula is C27H28ClN5O2. The van der Waals surface area contributed by atoms with E-state index in [4.69, 9.17) is 21.3 Å². The lowest BCUT2D eigenvalue weighted by molar-refractivity contribution is -0.134. The second-order valence-corrected chi connectivity index (χ2v) is 9.68. The number of rotatable bonds is 6. The third kappa shape index (κ3) is 4.69. The lowest BCUT2D eigenvalue weighted by Gasteiger charge is -2.41. The molecule has 1 aliphatic carbocycles. The van der Waals surface area contributed by atoms with E-state index in [0.29, 0.717) is 55.1 Å². The van der Waals surface area contributed by atoms with Crippen molar-refractivity contribution in [2.45, 2.75) is 38.1 Å². The number of piperazine rings is 1. The van der Waals surface area contributed by atoms with Crippen LogP contribution in [0.25, 0.3) is 22.0 Å². The molecule has 0 spiro atoms. The lowest BCUT2D eigenvalue weighted by Crippen LogP contribution is -2.54. The van der Waals surface area contributed by atoms with Crippen molar-refractivity contribution in [2.24, 2.45) is 0 Å². The Morgan fingerprint density at radius 2 is 2.00 bits per heavy atom. The van der Waals surface area contributed by atoms with E-state index in [0.717, 1.165) is 40.6 Å². The zero-order chi connectivity index (χ0) is 24.5. The number of carbonyl (C=O) groups is 1. The third-order valence-electron chi connectivity index (χ3n) is 6.85. The van der Waals surface area contributed by atoms with Crippen LogP contribution in [0.1, 0.15) is 43.4 Å². The van der Waals surface area contributed by atoms with Gasteiger partial charge in [-0.15, -0.1) is 0 Å². The minimum Gasteiger partial charge on any atom is -0.384 e. The number of ether oxygens (including phenoxy) is 1. The van der Waals surface area contributed by atoms with Crippen LogP contribution < -0.4 is 4.90 Å². The summed E-state index contributed by atoms with van der Waals surface area (Å²) in [4.78, 5) is 26.3. The van der Waals surface area contributed by atoms with Crippen molar-refractivity contribution in [1.29, 1.82) is 5.26 Å². The van der Waals surface area contributed by atoms with E-state index in [-0.39, 0.29) is 11.9 Å². The van der Waals surface area contributed by atoms with Crippen molar-refractivity contribution in [3.63, 3.8) is 0 Å². The Hall–Kier alpha value is -3.21. The van der Waals surface area contributed by atoms with Crippen molar-refractivity contribution >= 4 is 34.2 Å². The summed E-state index contributed by atoms with van der Waals surface area (Å²) < 4.78 is 5.06. The lowest BCUT2D eigenvalue weighted by atomic mass is 9.99. The normalized spacial score (nSPS) is 18.1. The van der Waals surface area contributed by atoms with Gasteiger partial charge in [-0.2, -0.15) is 5.26 Å². The van der Waals surface area contributed by atoms with Crippen molar-refractivity contribution in [1.82, 2.24) is 14.9 Å². The van der Waals surface area contributed by atoms with Gasteiger partial charge in [-0.1, -0.05) is 29.8 Å². The van der Waals surface area contributed by atoms with Crippen molar-refractivity contribution < 1.29 is 9.53 Å². The first-order valence-electron chi connectivity index (χ1n) is 12.0. The molecule has 1 saturated heterocycles. The largest absolute Gasteiger partial charge is 0.384 e. The maximum absolute atomic E-state index is 12.6. The van der Waals surface area contributed by atoms with E-state index < -0.39 is 0 Å². The standard InChI is InChI=1S/C27H28ClN5O2/c1-17-16-32(10-11-33(17)24(34)9-12-35-2)27-20(15-29)14-21(25(31-27)18-7-8-18)22-13-19-5-3-4-6-23(19)30-26(22)28/h3-6,13-14,17-18H,7-12,16H2,1-2H3/t17-/m1/s1. The topological polar surface area (TPSA) is 82.3 Å². The molecule has 7 nitrogen and oxygen atoms in total. The van der Waals surface area contributed by atoms with Crippen LogP contribution in [0, 0.1) is 11.3 Å². The number of aromatic nitrogens is 2. The number of pyridine rings is 2. The summed E-state index contributed by atoms with van der Waals surface area (Å²) in [6, 6.07) is 14.2. The van der Waals surface area contributed by atoms with E-state index in [1.165, 1.54) is 0 Å². The first-order chi connectivity index (χ1) is 17.0. The number of benzene rings is 1. The average Bonchev–Trinajstić information content (AvgIpc) is 3.71. The van der Waals surface area contributed by atoms with Gasteiger partial charge in [0.25, 0.3) is 0 Å². The number of para-hydroxylation sites is 1. The van der Waals surface area contributed by atoms with Gasteiger partial charge in [0, 0.05) is 55.2 Å². The summed E-state index contributed by atoms with van der Waals surface area (Å²) in [5.41, 5.74) is 4.03. The predicted molar refractivity (Wildman–Crippen MR) is 137 cm³/mol. The maximum atomic E-state index is 12.6. The number of fused-ring (bicyclic) bond motifs is 1. The zero-order valence-corrected chi connectivity index (χ0v) is 20.8. The molecular weight excluding hydrogens is 462 g/mol. The quantitative estimate of drug-likeness (QED) is 0.464. The summed E-state index contributed by atoms with van der Waals surface area (Å²) >= 11 is 6.64. The average molecular weight is 490 g/mol. The molecule has 5 rings (SSSR count). The Kier molecular flexibility index (Phi) is 6.59. The number of amides is 1. The molecule has 8 heteroatoms. The van der Waals surface area contributed by atoms with Crippen molar-refractivity contribution in [2.75, 3.05) is 38.3 Å². The molecule has 0 N–H and O–H groups in total. The molecule has 1 amide bonds. The summed E-state index contributed by atoms with van der Waals surface area (Å²) in [6.45, 7) is 4.32. The molecule has 3 heterocycles. The molecule has 2 fully saturated rings. The third-order valence-corrected chi connectivity index (χ3v) is 7.14. The summed E-state index contributed by atoms with van der Waals surface area (Å²) in [6.07, 6.45) is 2.52. The number of nitriles is 1. The molecule has 3 aromatic rings. The molecule has 1 aromatic carbocycles. The minimum absolute atomic E-state index is 0.0182. The molecule has 2 aliphatic rings. The van der Waals surface area contributed by atoms with Crippen LogP contribution in [-0.2, 0) is 9.53 Å². The highest BCUT2D eigenvalue weighted by Crippen LogP contribution is 2.46. The second kappa shape index (κ2) is 9.80. The SMILES string of the molecule is COCCC(=O)N1CCN(c2nc(C3CC3)c(-c3cc4ccccc4nc3Cl)cc2C#N)C[C@H]1C. The van der Waals surface area contributed by atoms with Gasteiger partial charge >= 0.3 is 0 Å². The summed E-state index contributed by atoms with van der Waals surface area (Å²) in [5.74, 6) is 1.15. The van der Waals surface area contributed by atoms with Crippen LogP contribution in [-0.4, -0.2) is 60.2 Å². The van der Waals surface area contributed by atoms with Crippen LogP contribution >= 0.6 is 11.6 Å². The molecule has 0 unspecified atom stereocenters. The van der Waals surface area contributed by atoms with Crippen LogP contribution in [0.5, 0.6) is 0 Å². The predicted octanol–water partition coefficient (Wildman–Crippen LogP) is 4.77. The number of nitrogens with zero attached hydrogens (tertiary/aromatic N) is 5. The van der Waals surface area contributed by atoms with E-state index in [1.807, 2.05) is 48.2 Å². The Labute approximate surface area is 210 Å². The molecule has 1 atom stereocenters. The van der Waals surface area contributed by atoms with Crippen LogP contribution in [0.15, 0.2) is 36.4 Å². The van der Waals surface area contributed by atoms with Crippen LogP contribution in [0.4, 0.5) is 5.82 Å². The van der Waals surface area contributed by atoms with Gasteiger partial charge in [0.2, 0.25) is 5.91 Å². The smallest absolute Gasteiger partial charge is 0.225 e. The van der Waals surface area contributed by atoms with Gasteiger partial charge in [0.15, 0.2) is 0 Å². The fourth-order valence-electron chi connectivity index (χ4n) is 4.86. The Balaban J connectivity index is 1.50. The Morgan fingerprint density at radius 3 is 2.71 bits per heavy atom. The van der Waals surface area contributed by atoms with E-state index in [1.54, 1.807) is 7.11 Å². The molecule has 35 heavy (non-hydrogen) atoms. The number of carbonyl (C=O) groups excluding carboxylic acids is 1. The highest BCUT2D eigenvalue weighted by Gasteiger charge is 2.33. The number of hydrogen-bond donors (Lipinski definition) is 0. The zero-order valence-electron chi connectivity index (χ0n) is 20.0. The Morgan fingerprint density at radius 1 is 1.20 bits per heavy atom. The van der Waals surface area contributed by atoms with Gasteiger partial charge in [0.05, 0.1) is 29.8 Å². The summed E-state index contributed by atoms with van der Waals surface area (Å²) in [5, 5.41) is 11.5. The van der Waals surface area contributed by atoms with Crippen molar-refractivity contribution in [3.8, 4) is 17.2 Å². The van der Waals surface area contributed by atoms with Gasteiger partial charge in [-0.05, 0) is 38.0 Å². The maximum Gasteiger partial charge on any atom is 0.225 e. The van der Waals surface area contributed by atoms with Crippen LogP contribution in [0.3, 0.4) is 0 Å². The summed E-state index contributed by atoms with van der Waals surface area (Å²) in [7, 11) is 1.60.